The molecule has 0 saturated heterocycles. The van der Waals surface area contributed by atoms with Gasteiger partial charge in [0.05, 0.1) is 13.2 Å². The van der Waals surface area contributed by atoms with E-state index in [-0.39, 0.29) is 11.9 Å². The van der Waals surface area contributed by atoms with Gasteiger partial charge < -0.3 is 4.74 Å². The van der Waals surface area contributed by atoms with E-state index in [2.05, 4.69) is 26.6 Å². The Bertz CT molecular complexity index is 911. The fraction of sp³-hybridized carbons (Fsp3) is 0.333. The Balaban J connectivity index is 1.97. The number of rotatable bonds is 8. The molecule has 7 heteroatoms. The van der Waals surface area contributed by atoms with Crippen molar-refractivity contribution >= 4 is 11.8 Å². The zero-order valence-electron chi connectivity index (χ0n) is 16.6. The minimum absolute atomic E-state index is 0.137. The Hall–Kier alpha value is -2.38. The third-order valence-corrected chi connectivity index (χ3v) is 5.55. The number of nitrogens with zero attached hydrogens (tertiary/aromatic N) is 4. The van der Waals surface area contributed by atoms with Crippen LogP contribution in [-0.4, -0.2) is 40.9 Å². The van der Waals surface area contributed by atoms with Crippen LogP contribution < -0.4 is 4.74 Å². The molecule has 0 aliphatic rings. The van der Waals surface area contributed by atoms with Crippen molar-refractivity contribution in [2.45, 2.75) is 30.3 Å². The summed E-state index contributed by atoms with van der Waals surface area (Å²) in [5, 5.41) is 9.73. The molecule has 3 aromatic rings. The van der Waals surface area contributed by atoms with Gasteiger partial charge in [0.25, 0.3) is 0 Å². The summed E-state index contributed by atoms with van der Waals surface area (Å²) in [6.07, 6.45) is 0.913. The smallest absolute Gasteiger partial charge is 0.196 e. The van der Waals surface area contributed by atoms with Gasteiger partial charge in [-0.25, -0.2) is 4.39 Å². The number of benzene rings is 2. The largest absolute Gasteiger partial charge is 0.497 e. The van der Waals surface area contributed by atoms with E-state index in [9.17, 15) is 4.39 Å². The third kappa shape index (κ3) is 4.54. The molecule has 0 N–H and O–H groups in total. The van der Waals surface area contributed by atoms with Gasteiger partial charge in [-0.2, -0.15) is 0 Å². The van der Waals surface area contributed by atoms with Gasteiger partial charge in [0, 0.05) is 11.4 Å². The van der Waals surface area contributed by atoms with E-state index < -0.39 is 0 Å². The molecule has 3 rings (SSSR count). The SMILES string of the molecule is CCC(c1nnc(SCc2cccc(F)c2)n1-c1ccc(OC)cc1)N(C)C. The lowest BCUT2D eigenvalue weighted by atomic mass is 10.2. The molecule has 2 aromatic carbocycles. The van der Waals surface area contributed by atoms with Crippen LogP contribution in [0.15, 0.2) is 53.7 Å². The molecule has 0 saturated carbocycles. The van der Waals surface area contributed by atoms with Gasteiger partial charge in [0.15, 0.2) is 11.0 Å². The minimum atomic E-state index is -0.228. The van der Waals surface area contributed by atoms with E-state index in [1.54, 1.807) is 31.0 Å². The van der Waals surface area contributed by atoms with E-state index in [0.717, 1.165) is 34.4 Å². The molecule has 28 heavy (non-hydrogen) atoms. The average Bonchev–Trinajstić information content (AvgIpc) is 3.10. The first-order chi connectivity index (χ1) is 13.5. The van der Waals surface area contributed by atoms with Crippen LogP contribution >= 0.6 is 11.8 Å². The summed E-state index contributed by atoms with van der Waals surface area (Å²) in [6, 6.07) is 14.6. The lowest BCUT2D eigenvalue weighted by Crippen LogP contribution is -2.22. The number of aromatic nitrogens is 3. The standard InChI is InChI=1S/C21H25FN4OS/c1-5-19(25(2)3)20-23-24-21(28-14-15-7-6-8-16(22)13-15)26(20)17-9-11-18(27-4)12-10-17/h6-13,19H,5,14H2,1-4H3. The summed E-state index contributed by atoms with van der Waals surface area (Å²) in [4.78, 5) is 2.14. The molecule has 148 valence electrons. The van der Waals surface area contributed by atoms with E-state index in [0.29, 0.717) is 5.75 Å². The van der Waals surface area contributed by atoms with Crippen molar-refractivity contribution in [3.05, 3.63) is 65.7 Å². The van der Waals surface area contributed by atoms with Gasteiger partial charge in [0.2, 0.25) is 0 Å². The molecular formula is C21H25FN4OS. The zero-order valence-corrected chi connectivity index (χ0v) is 17.4. The van der Waals surface area contributed by atoms with Crippen molar-refractivity contribution in [1.29, 1.82) is 0 Å². The summed E-state index contributed by atoms with van der Waals surface area (Å²) in [5.41, 5.74) is 1.89. The van der Waals surface area contributed by atoms with E-state index in [1.165, 1.54) is 6.07 Å². The first-order valence-corrected chi connectivity index (χ1v) is 10.2. The number of halogens is 1. The third-order valence-electron chi connectivity index (χ3n) is 4.55. The van der Waals surface area contributed by atoms with Gasteiger partial charge in [-0.05, 0) is 62.5 Å². The van der Waals surface area contributed by atoms with Crippen LogP contribution in [0.4, 0.5) is 4.39 Å². The van der Waals surface area contributed by atoms with Gasteiger partial charge in [-0.3, -0.25) is 9.47 Å². The highest BCUT2D eigenvalue weighted by atomic mass is 32.2. The molecular weight excluding hydrogens is 375 g/mol. The fourth-order valence-electron chi connectivity index (χ4n) is 3.12. The van der Waals surface area contributed by atoms with Crippen molar-refractivity contribution in [2.24, 2.45) is 0 Å². The summed E-state index contributed by atoms with van der Waals surface area (Å²) in [5.74, 6) is 2.07. The monoisotopic (exact) mass is 400 g/mol. The van der Waals surface area contributed by atoms with Gasteiger partial charge in [0.1, 0.15) is 11.6 Å². The average molecular weight is 401 g/mol. The summed E-state index contributed by atoms with van der Waals surface area (Å²) in [6.45, 7) is 2.14. The lowest BCUT2D eigenvalue weighted by Gasteiger charge is -2.23. The van der Waals surface area contributed by atoms with Crippen molar-refractivity contribution in [3.63, 3.8) is 0 Å². The van der Waals surface area contributed by atoms with E-state index >= 15 is 0 Å². The molecule has 0 spiro atoms. The van der Waals surface area contributed by atoms with Crippen LogP contribution in [0.1, 0.15) is 30.8 Å². The summed E-state index contributed by atoms with van der Waals surface area (Å²) >= 11 is 1.55. The Morgan fingerprint density at radius 3 is 2.50 bits per heavy atom. The summed E-state index contributed by atoms with van der Waals surface area (Å²) in [7, 11) is 5.74. The van der Waals surface area contributed by atoms with Gasteiger partial charge >= 0.3 is 0 Å². The normalized spacial score (nSPS) is 12.4. The van der Waals surface area contributed by atoms with Crippen LogP contribution in [0.5, 0.6) is 5.75 Å². The molecule has 1 unspecified atom stereocenters. The molecule has 0 aliphatic heterocycles. The molecule has 0 amide bonds. The summed E-state index contributed by atoms with van der Waals surface area (Å²) < 4.78 is 20.9. The van der Waals surface area contributed by atoms with Crippen LogP contribution in [0.3, 0.4) is 0 Å². The van der Waals surface area contributed by atoms with Gasteiger partial charge in [-0.1, -0.05) is 30.8 Å². The predicted molar refractivity (Wildman–Crippen MR) is 111 cm³/mol. The van der Waals surface area contributed by atoms with Crippen molar-refractivity contribution in [1.82, 2.24) is 19.7 Å². The highest BCUT2D eigenvalue weighted by Gasteiger charge is 2.23. The van der Waals surface area contributed by atoms with Crippen LogP contribution in [0.25, 0.3) is 5.69 Å². The number of thioether (sulfide) groups is 1. The molecule has 1 atom stereocenters. The van der Waals surface area contributed by atoms with Crippen LogP contribution in [-0.2, 0) is 5.75 Å². The maximum atomic E-state index is 13.5. The van der Waals surface area contributed by atoms with Crippen molar-refractivity contribution < 1.29 is 9.13 Å². The van der Waals surface area contributed by atoms with Crippen LogP contribution in [0.2, 0.25) is 0 Å². The molecule has 0 fully saturated rings. The maximum Gasteiger partial charge on any atom is 0.196 e. The predicted octanol–water partition coefficient (Wildman–Crippen LogP) is 4.72. The molecule has 1 heterocycles. The zero-order chi connectivity index (χ0) is 20.1. The minimum Gasteiger partial charge on any atom is -0.497 e. The topological polar surface area (TPSA) is 43.2 Å². The second-order valence-electron chi connectivity index (χ2n) is 6.68. The Morgan fingerprint density at radius 2 is 1.89 bits per heavy atom. The molecule has 0 aliphatic carbocycles. The number of hydrogen-bond acceptors (Lipinski definition) is 5. The second-order valence-corrected chi connectivity index (χ2v) is 7.62. The highest BCUT2D eigenvalue weighted by Crippen LogP contribution is 2.30. The Morgan fingerprint density at radius 1 is 1.14 bits per heavy atom. The first-order valence-electron chi connectivity index (χ1n) is 9.17. The maximum absolute atomic E-state index is 13.5. The lowest BCUT2D eigenvalue weighted by molar-refractivity contribution is 0.276. The fourth-order valence-corrected chi connectivity index (χ4v) is 4.02. The molecule has 1 aromatic heterocycles. The number of ether oxygens (including phenoxy) is 1. The quantitative estimate of drug-likeness (QED) is 0.512. The van der Waals surface area contributed by atoms with Crippen LogP contribution in [0, 0.1) is 5.82 Å². The van der Waals surface area contributed by atoms with Crippen molar-refractivity contribution in [2.75, 3.05) is 21.2 Å². The molecule has 0 radical (unpaired) electrons. The molecule has 5 nitrogen and oxygen atoms in total. The first kappa shape index (κ1) is 20.4. The Kier molecular flexibility index (Phi) is 6.70. The number of hydrogen-bond donors (Lipinski definition) is 0. The van der Waals surface area contributed by atoms with E-state index in [4.69, 9.17) is 4.74 Å². The van der Waals surface area contributed by atoms with E-state index in [1.807, 2.05) is 44.4 Å². The van der Waals surface area contributed by atoms with Gasteiger partial charge in [-0.15, -0.1) is 10.2 Å². The highest BCUT2D eigenvalue weighted by molar-refractivity contribution is 7.98. The van der Waals surface area contributed by atoms with Crippen molar-refractivity contribution in [3.8, 4) is 11.4 Å². The second kappa shape index (κ2) is 9.21. The molecule has 0 bridgehead atoms. The Labute approximate surface area is 169 Å². The number of methoxy groups -OCH3 is 1.